The molecule has 0 radical (unpaired) electrons. The van der Waals surface area contributed by atoms with E-state index in [2.05, 4.69) is 0 Å². The summed E-state index contributed by atoms with van der Waals surface area (Å²) in [6.07, 6.45) is 4.89. The molecule has 3 heteroatoms. The molecule has 0 spiro atoms. The van der Waals surface area contributed by atoms with Crippen LogP contribution in [0, 0.1) is 0 Å². The van der Waals surface area contributed by atoms with E-state index in [4.69, 9.17) is 10.5 Å². The topological polar surface area (TPSA) is 52.3 Å². The van der Waals surface area contributed by atoms with Crippen LogP contribution in [0.15, 0.2) is 12.2 Å². The third kappa shape index (κ3) is 7.06. The maximum absolute atomic E-state index is 10.7. The van der Waals surface area contributed by atoms with Gasteiger partial charge < -0.3 is 10.5 Å². The summed E-state index contributed by atoms with van der Waals surface area (Å²) in [4.78, 5) is 10.7. The Kier molecular flexibility index (Phi) is 6.73. The molecule has 0 aromatic rings. The lowest BCUT2D eigenvalue weighted by Crippen LogP contribution is -2.03. The SMILES string of the molecule is CCCCOC(=O)/C=C/CN. The van der Waals surface area contributed by atoms with Gasteiger partial charge >= 0.3 is 5.97 Å². The molecule has 2 N–H and O–H groups in total. The molecule has 0 aliphatic heterocycles. The lowest BCUT2D eigenvalue weighted by atomic mass is 10.4. The van der Waals surface area contributed by atoms with Crippen LogP contribution in [-0.4, -0.2) is 19.1 Å². The highest BCUT2D eigenvalue weighted by atomic mass is 16.5. The van der Waals surface area contributed by atoms with Crippen LogP contribution in [-0.2, 0) is 9.53 Å². The van der Waals surface area contributed by atoms with Gasteiger partial charge in [-0.25, -0.2) is 4.79 Å². The lowest BCUT2D eigenvalue weighted by molar-refractivity contribution is -0.137. The van der Waals surface area contributed by atoms with Gasteiger partial charge in [-0.05, 0) is 6.42 Å². The standard InChI is InChI=1S/C8H15NO2/c1-2-3-7-11-8(10)5-4-6-9/h4-5H,2-3,6-7,9H2,1H3/b5-4+. The molecule has 0 unspecified atom stereocenters. The Bertz CT molecular complexity index is 132. The fourth-order valence-corrected chi connectivity index (χ4v) is 0.529. The number of nitrogens with two attached hydrogens (primary N) is 1. The molecule has 0 atom stereocenters. The number of hydrogen-bond donors (Lipinski definition) is 1. The van der Waals surface area contributed by atoms with Crippen LogP contribution in [0.3, 0.4) is 0 Å². The highest BCUT2D eigenvalue weighted by Gasteiger charge is 1.93. The first-order valence-electron chi connectivity index (χ1n) is 3.84. The smallest absolute Gasteiger partial charge is 0.330 e. The minimum absolute atomic E-state index is 0.302. The molecule has 0 aromatic carbocycles. The number of rotatable bonds is 5. The fourth-order valence-electron chi connectivity index (χ4n) is 0.529. The number of esters is 1. The minimum Gasteiger partial charge on any atom is -0.463 e. The Morgan fingerprint density at radius 1 is 1.64 bits per heavy atom. The van der Waals surface area contributed by atoms with E-state index in [1.807, 2.05) is 6.92 Å². The van der Waals surface area contributed by atoms with Crippen LogP contribution in [0.2, 0.25) is 0 Å². The Morgan fingerprint density at radius 2 is 2.36 bits per heavy atom. The van der Waals surface area contributed by atoms with Gasteiger partial charge in [-0.3, -0.25) is 0 Å². The van der Waals surface area contributed by atoms with Crippen molar-refractivity contribution in [3.8, 4) is 0 Å². The lowest BCUT2D eigenvalue weighted by Gasteiger charge is -1.98. The highest BCUT2D eigenvalue weighted by Crippen LogP contribution is 1.89. The Balaban J connectivity index is 3.30. The zero-order valence-corrected chi connectivity index (χ0v) is 6.88. The van der Waals surface area contributed by atoms with Gasteiger partial charge in [-0.15, -0.1) is 0 Å². The van der Waals surface area contributed by atoms with Crippen LogP contribution >= 0.6 is 0 Å². The molecule has 64 valence electrons. The summed E-state index contributed by atoms with van der Waals surface area (Å²) in [5, 5.41) is 0. The zero-order valence-electron chi connectivity index (χ0n) is 6.88. The summed E-state index contributed by atoms with van der Waals surface area (Å²) in [7, 11) is 0. The normalized spacial score (nSPS) is 10.4. The summed E-state index contributed by atoms with van der Waals surface area (Å²) < 4.78 is 4.80. The first kappa shape index (κ1) is 10.2. The van der Waals surface area contributed by atoms with Crippen molar-refractivity contribution in [1.82, 2.24) is 0 Å². The maximum atomic E-state index is 10.7. The van der Waals surface area contributed by atoms with E-state index in [1.54, 1.807) is 6.08 Å². The van der Waals surface area contributed by atoms with Gasteiger partial charge in [0.25, 0.3) is 0 Å². The van der Waals surface area contributed by atoms with Crippen molar-refractivity contribution in [2.24, 2.45) is 5.73 Å². The van der Waals surface area contributed by atoms with Crippen LogP contribution in [0.1, 0.15) is 19.8 Å². The van der Waals surface area contributed by atoms with Crippen molar-refractivity contribution in [3.05, 3.63) is 12.2 Å². The summed E-state index contributed by atoms with van der Waals surface area (Å²) in [5.41, 5.74) is 5.14. The molecule has 0 saturated heterocycles. The molecule has 0 saturated carbocycles. The van der Waals surface area contributed by atoms with Gasteiger partial charge in [0.05, 0.1) is 6.61 Å². The first-order chi connectivity index (χ1) is 5.31. The molecule has 0 rings (SSSR count). The molecule has 0 aromatic heterocycles. The number of hydrogen-bond acceptors (Lipinski definition) is 3. The molecule has 3 nitrogen and oxygen atoms in total. The van der Waals surface area contributed by atoms with Crippen molar-refractivity contribution < 1.29 is 9.53 Å². The van der Waals surface area contributed by atoms with Crippen molar-refractivity contribution in [1.29, 1.82) is 0 Å². The third-order valence-electron chi connectivity index (χ3n) is 1.13. The number of carbonyl (C=O) groups is 1. The van der Waals surface area contributed by atoms with E-state index in [9.17, 15) is 4.79 Å². The van der Waals surface area contributed by atoms with Crippen LogP contribution in [0.5, 0.6) is 0 Å². The van der Waals surface area contributed by atoms with Crippen LogP contribution in [0.4, 0.5) is 0 Å². The highest BCUT2D eigenvalue weighted by molar-refractivity contribution is 5.81. The van der Waals surface area contributed by atoms with Gasteiger partial charge in [0, 0.05) is 12.6 Å². The van der Waals surface area contributed by atoms with E-state index in [1.165, 1.54) is 6.08 Å². The summed E-state index contributed by atoms with van der Waals surface area (Å²) >= 11 is 0. The second-order valence-electron chi connectivity index (χ2n) is 2.16. The van der Waals surface area contributed by atoms with Gasteiger partial charge in [-0.1, -0.05) is 19.4 Å². The van der Waals surface area contributed by atoms with Gasteiger partial charge in [0.1, 0.15) is 0 Å². The van der Waals surface area contributed by atoms with Gasteiger partial charge in [0.15, 0.2) is 0 Å². The second-order valence-corrected chi connectivity index (χ2v) is 2.16. The van der Waals surface area contributed by atoms with E-state index < -0.39 is 0 Å². The molecule has 0 fully saturated rings. The molecule has 11 heavy (non-hydrogen) atoms. The predicted octanol–water partition coefficient (Wildman–Crippen LogP) is 0.845. The van der Waals surface area contributed by atoms with E-state index >= 15 is 0 Å². The van der Waals surface area contributed by atoms with Gasteiger partial charge in [0.2, 0.25) is 0 Å². The monoisotopic (exact) mass is 157 g/mol. The fraction of sp³-hybridized carbons (Fsp3) is 0.625. The largest absolute Gasteiger partial charge is 0.463 e. The number of ether oxygens (including phenoxy) is 1. The molecular weight excluding hydrogens is 142 g/mol. The van der Waals surface area contributed by atoms with Crippen molar-refractivity contribution in [2.45, 2.75) is 19.8 Å². The van der Waals surface area contributed by atoms with Gasteiger partial charge in [-0.2, -0.15) is 0 Å². The Hall–Kier alpha value is -0.830. The van der Waals surface area contributed by atoms with E-state index in [-0.39, 0.29) is 5.97 Å². The zero-order chi connectivity index (χ0) is 8.53. The minimum atomic E-state index is -0.302. The van der Waals surface area contributed by atoms with Crippen molar-refractivity contribution in [3.63, 3.8) is 0 Å². The molecule has 0 bridgehead atoms. The summed E-state index contributed by atoms with van der Waals surface area (Å²) in [6.45, 7) is 2.93. The summed E-state index contributed by atoms with van der Waals surface area (Å²) in [5.74, 6) is -0.302. The molecular formula is C8H15NO2. The number of unbranched alkanes of at least 4 members (excludes halogenated alkanes) is 1. The Morgan fingerprint density at radius 3 is 2.91 bits per heavy atom. The number of carbonyl (C=O) groups excluding carboxylic acids is 1. The predicted molar refractivity (Wildman–Crippen MR) is 44.1 cm³/mol. The van der Waals surface area contributed by atoms with Crippen LogP contribution < -0.4 is 5.73 Å². The first-order valence-corrected chi connectivity index (χ1v) is 3.84. The summed E-state index contributed by atoms with van der Waals surface area (Å²) in [6, 6.07) is 0. The average molecular weight is 157 g/mol. The molecule has 0 aliphatic rings. The maximum Gasteiger partial charge on any atom is 0.330 e. The quantitative estimate of drug-likeness (QED) is 0.365. The van der Waals surface area contributed by atoms with Crippen LogP contribution in [0.25, 0.3) is 0 Å². The third-order valence-corrected chi connectivity index (χ3v) is 1.13. The van der Waals surface area contributed by atoms with E-state index in [0.717, 1.165) is 12.8 Å². The van der Waals surface area contributed by atoms with Crippen molar-refractivity contribution in [2.75, 3.05) is 13.2 Å². The van der Waals surface area contributed by atoms with E-state index in [0.29, 0.717) is 13.2 Å². The second kappa shape index (κ2) is 7.28. The molecule has 0 amide bonds. The Labute approximate surface area is 67.2 Å². The average Bonchev–Trinajstić information content (AvgIpc) is 2.01. The van der Waals surface area contributed by atoms with Crippen molar-refractivity contribution >= 4 is 5.97 Å². The molecule has 0 aliphatic carbocycles. The molecule has 0 heterocycles.